The molecule has 1 fully saturated rings. The van der Waals surface area contributed by atoms with Crippen LogP contribution >= 0.6 is 0 Å². The van der Waals surface area contributed by atoms with Gasteiger partial charge in [-0.1, -0.05) is 20.4 Å². The number of likely N-dealkylation sites (tertiary alicyclic amines) is 1. The van der Waals surface area contributed by atoms with E-state index in [0.29, 0.717) is 0 Å². The Morgan fingerprint density at radius 1 is 1.55 bits per heavy atom. The van der Waals surface area contributed by atoms with Gasteiger partial charge in [0.2, 0.25) is 0 Å². The van der Waals surface area contributed by atoms with E-state index >= 15 is 0 Å². The minimum atomic E-state index is 0.820. The van der Waals surface area contributed by atoms with Crippen LogP contribution in [-0.4, -0.2) is 18.5 Å². The zero-order valence-corrected chi connectivity index (χ0v) is 7.93. The predicted octanol–water partition coefficient (Wildman–Crippen LogP) is 2.50. The zero-order chi connectivity index (χ0) is 8.43. The lowest BCUT2D eigenvalue weighted by Gasteiger charge is -2.34. The second-order valence-electron chi connectivity index (χ2n) is 3.98. The number of allylic oxidation sites excluding steroid dienone is 1. The summed E-state index contributed by atoms with van der Waals surface area (Å²) in [6.45, 7) is 9.87. The second-order valence-corrected chi connectivity index (χ2v) is 3.98. The highest BCUT2D eigenvalue weighted by molar-refractivity contribution is 4.98. The van der Waals surface area contributed by atoms with Crippen LogP contribution in [0.2, 0.25) is 0 Å². The number of hydrogen-bond donors (Lipinski definition) is 0. The fourth-order valence-electron chi connectivity index (χ4n) is 1.65. The molecule has 1 unspecified atom stereocenters. The van der Waals surface area contributed by atoms with Gasteiger partial charge in [0, 0.05) is 19.3 Å². The lowest BCUT2D eigenvalue weighted by atomic mass is 9.85. The Morgan fingerprint density at radius 3 is 2.64 bits per heavy atom. The topological polar surface area (TPSA) is 3.24 Å². The minimum absolute atomic E-state index is 0.820. The van der Waals surface area contributed by atoms with Crippen LogP contribution in [0.3, 0.4) is 0 Å². The highest BCUT2D eigenvalue weighted by Gasteiger charge is 2.21. The van der Waals surface area contributed by atoms with Crippen LogP contribution in [0.5, 0.6) is 0 Å². The Balaban J connectivity index is 2.46. The van der Waals surface area contributed by atoms with Crippen molar-refractivity contribution < 1.29 is 0 Å². The minimum Gasteiger partial charge on any atom is -0.378 e. The summed E-state index contributed by atoms with van der Waals surface area (Å²) in [7, 11) is 2.14. The molecule has 1 saturated heterocycles. The Hall–Kier alpha value is -0.460. The third-order valence-corrected chi connectivity index (χ3v) is 2.82. The molecule has 0 saturated carbocycles. The van der Waals surface area contributed by atoms with Crippen molar-refractivity contribution in [3.05, 3.63) is 12.3 Å². The molecule has 1 heterocycles. The van der Waals surface area contributed by atoms with Crippen LogP contribution in [0, 0.1) is 11.8 Å². The van der Waals surface area contributed by atoms with Crippen LogP contribution in [0.15, 0.2) is 12.3 Å². The van der Waals surface area contributed by atoms with Crippen molar-refractivity contribution in [1.82, 2.24) is 4.90 Å². The van der Waals surface area contributed by atoms with E-state index in [4.69, 9.17) is 0 Å². The molecule has 0 aliphatic carbocycles. The predicted molar refractivity (Wildman–Crippen MR) is 49.3 cm³/mol. The highest BCUT2D eigenvalue weighted by Crippen LogP contribution is 2.28. The van der Waals surface area contributed by atoms with E-state index in [1.54, 1.807) is 0 Å². The summed E-state index contributed by atoms with van der Waals surface area (Å²) >= 11 is 0. The average molecular weight is 153 g/mol. The molecule has 1 heteroatoms. The Labute approximate surface area is 70.1 Å². The fraction of sp³-hybridized carbons (Fsp3) is 0.800. The first kappa shape index (κ1) is 8.63. The van der Waals surface area contributed by atoms with Crippen LogP contribution in [0.4, 0.5) is 0 Å². The number of nitrogens with zero attached hydrogens (tertiary/aromatic N) is 1. The molecule has 1 atom stereocenters. The molecule has 1 rings (SSSR count). The van der Waals surface area contributed by atoms with Gasteiger partial charge in [-0.2, -0.15) is 0 Å². The average Bonchev–Trinajstić information content (AvgIpc) is 1.94. The van der Waals surface area contributed by atoms with Gasteiger partial charge in [-0.3, -0.25) is 0 Å². The second kappa shape index (κ2) is 3.29. The van der Waals surface area contributed by atoms with Crippen molar-refractivity contribution in [1.29, 1.82) is 0 Å². The van der Waals surface area contributed by atoms with E-state index < -0.39 is 0 Å². The standard InChI is InChI=1S/C10H19N/c1-8(2)10-5-6-11(4)9(3)7-10/h8,10H,3,5-7H2,1-2,4H3. The molecule has 11 heavy (non-hydrogen) atoms. The van der Waals surface area contributed by atoms with Crippen molar-refractivity contribution in [2.75, 3.05) is 13.6 Å². The summed E-state index contributed by atoms with van der Waals surface area (Å²) in [6, 6.07) is 0. The maximum absolute atomic E-state index is 4.05. The van der Waals surface area contributed by atoms with Gasteiger partial charge in [-0.05, 0) is 24.7 Å². The van der Waals surface area contributed by atoms with Gasteiger partial charge < -0.3 is 4.90 Å². The SMILES string of the molecule is C=C1CC(C(C)C)CCN1C. The lowest BCUT2D eigenvalue weighted by Crippen LogP contribution is -2.29. The fourth-order valence-corrected chi connectivity index (χ4v) is 1.65. The first-order chi connectivity index (χ1) is 5.11. The van der Waals surface area contributed by atoms with Crippen molar-refractivity contribution in [3.8, 4) is 0 Å². The third-order valence-electron chi connectivity index (χ3n) is 2.82. The van der Waals surface area contributed by atoms with Crippen LogP contribution in [0.1, 0.15) is 26.7 Å². The molecular formula is C10H19N. The molecule has 0 aromatic carbocycles. The Bertz CT molecular complexity index is 149. The monoisotopic (exact) mass is 153 g/mol. The Kier molecular flexibility index (Phi) is 2.58. The summed E-state index contributed by atoms with van der Waals surface area (Å²) in [4.78, 5) is 2.28. The van der Waals surface area contributed by atoms with Crippen LogP contribution in [0.25, 0.3) is 0 Å². The summed E-state index contributed by atoms with van der Waals surface area (Å²) < 4.78 is 0. The Morgan fingerprint density at radius 2 is 2.18 bits per heavy atom. The van der Waals surface area contributed by atoms with Gasteiger partial charge in [-0.25, -0.2) is 0 Å². The molecule has 1 aliphatic rings. The van der Waals surface area contributed by atoms with Crippen molar-refractivity contribution in [2.24, 2.45) is 11.8 Å². The van der Waals surface area contributed by atoms with E-state index in [2.05, 4.69) is 32.4 Å². The number of piperidine rings is 1. The molecule has 0 amide bonds. The van der Waals surface area contributed by atoms with Gasteiger partial charge in [0.15, 0.2) is 0 Å². The van der Waals surface area contributed by atoms with Gasteiger partial charge in [0.05, 0.1) is 0 Å². The highest BCUT2D eigenvalue weighted by atomic mass is 15.1. The summed E-state index contributed by atoms with van der Waals surface area (Å²) in [6.07, 6.45) is 2.54. The lowest BCUT2D eigenvalue weighted by molar-refractivity contribution is 0.234. The van der Waals surface area contributed by atoms with Crippen molar-refractivity contribution in [2.45, 2.75) is 26.7 Å². The molecule has 0 bridgehead atoms. The van der Waals surface area contributed by atoms with Crippen LogP contribution < -0.4 is 0 Å². The molecule has 0 radical (unpaired) electrons. The maximum atomic E-state index is 4.05. The summed E-state index contributed by atoms with van der Waals surface area (Å²) in [5.41, 5.74) is 1.31. The van der Waals surface area contributed by atoms with Crippen LogP contribution in [-0.2, 0) is 0 Å². The van der Waals surface area contributed by atoms with Crippen molar-refractivity contribution in [3.63, 3.8) is 0 Å². The molecule has 0 N–H and O–H groups in total. The van der Waals surface area contributed by atoms with E-state index in [1.165, 1.54) is 25.1 Å². The van der Waals surface area contributed by atoms with Gasteiger partial charge in [-0.15, -0.1) is 0 Å². The van der Waals surface area contributed by atoms with Gasteiger partial charge in [0.25, 0.3) is 0 Å². The number of rotatable bonds is 1. The first-order valence-corrected chi connectivity index (χ1v) is 4.50. The quantitative estimate of drug-likeness (QED) is 0.559. The largest absolute Gasteiger partial charge is 0.378 e. The molecule has 0 aromatic heterocycles. The molecular weight excluding hydrogens is 134 g/mol. The van der Waals surface area contributed by atoms with Gasteiger partial charge >= 0.3 is 0 Å². The number of hydrogen-bond acceptors (Lipinski definition) is 1. The van der Waals surface area contributed by atoms with E-state index in [9.17, 15) is 0 Å². The molecule has 0 aromatic rings. The summed E-state index contributed by atoms with van der Waals surface area (Å²) in [5.74, 6) is 1.69. The molecule has 1 aliphatic heterocycles. The molecule has 1 nitrogen and oxygen atoms in total. The van der Waals surface area contributed by atoms with Crippen molar-refractivity contribution >= 4 is 0 Å². The van der Waals surface area contributed by atoms with Gasteiger partial charge in [0.1, 0.15) is 0 Å². The molecule has 0 spiro atoms. The zero-order valence-electron chi connectivity index (χ0n) is 7.93. The van der Waals surface area contributed by atoms with E-state index in [-0.39, 0.29) is 0 Å². The summed E-state index contributed by atoms with van der Waals surface area (Å²) in [5, 5.41) is 0. The van der Waals surface area contributed by atoms with E-state index in [0.717, 1.165) is 11.8 Å². The normalized spacial score (nSPS) is 26.4. The smallest absolute Gasteiger partial charge is 0.0174 e. The van der Waals surface area contributed by atoms with E-state index in [1.807, 2.05) is 0 Å². The third kappa shape index (κ3) is 1.98. The maximum Gasteiger partial charge on any atom is 0.0174 e. The molecule has 64 valence electrons. The first-order valence-electron chi connectivity index (χ1n) is 4.50.